The number of likely N-dealkylation sites (N-methyl/N-ethyl adjacent to an activating group) is 1. The monoisotopic (exact) mass is 832 g/mol. The lowest BCUT2D eigenvalue weighted by molar-refractivity contribution is -0.889. The van der Waals surface area contributed by atoms with Crippen LogP contribution in [0.25, 0.3) is 0 Å². The van der Waals surface area contributed by atoms with E-state index in [1.165, 1.54) is 122 Å². The van der Waals surface area contributed by atoms with E-state index in [1.54, 1.807) is 21.1 Å². The van der Waals surface area contributed by atoms with Gasteiger partial charge in [-0.1, -0.05) is 166 Å². The smallest absolute Gasteiger partial charge is 0.306 e. The van der Waals surface area contributed by atoms with Crippen LogP contribution in [0.15, 0.2) is 36.5 Å². The number of rotatable bonds is 44. The number of allylic oxidation sites excluding steroid dienone is 6. The largest absolute Gasteiger partial charge is 0.544 e. The molecule has 344 valence electrons. The Morgan fingerprint density at radius 3 is 1.36 bits per heavy atom. The summed E-state index contributed by atoms with van der Waals surface area (Å²) in [5, 5.41) is 11.6. The molecule has 0 spiro atoms. The van der Waals surface area contributed by atoms with Gasteiger partial charge in [0.15, 0.2) is 6.10 Å². The van der Waals surface area contributed by atoms with Crippen LogP contribution in [0.4, 0.5) is 0 Å². The predicted molar refractivity (Wildman–Crippen MR) is 245 cm³/mol. The van der Waals surface area contributed by atoms with Gasteiger partial charge in [0.05, 0.1) is 40.3 Å². The van der Waals surface area contributed by atoms with E-state index in [0.29, 0.717) is 12.8 Å². The van der Waals surface area contributed by atoms with Gasteiger partial charge in [-0.05, 0) is 70.6 Å². The van der Waals surface area contributed by atoms with Crippen molar-refractivity contribution in [2.45, 2.75) is 231 Å². The SMILES string of the molecule is CCCCC/C=C/C/C=C/CCCCCCCCCC(=O)OC(COCCC(C(=O)[O-])[N+](C)(C)C)COC(=O)CCCCCCC/C=C/CCCCCCCCCCC. The normalized spacial score (nSPS) is 13.2. The van der Waals surface area contributed by atoms with Crippen molar-refractivity contribution in [3.8, 4) is 0 Å². The van der Waals surface area contributed by atoms with Crippen molar-refractivity contribution in [2.24, 2.45) is 0 Å². The molecule has 2 unspecified atom stereocenters. The zero-order valence-corrected chi connectivity index (χ0v) is 39.2. The number of esters is 2. The maximum absolute atomic E-state index is 12.8. The first-order chi connectivity index (χ1) is 28.6. The number of quaternary nitrogens is 1. The van der Waals surface area contributed by atoms with Gasteiger partial charge in [-0.25, -0.2) is 0 Å². The molecule has 0 aliphatic carbocycles. The average Bonchev–Trinajstić information content (AvgIpc) is 3.19. The Morgan fingerprint density at radius 1 is 0.508 bits per heavy atom. The molecule has 0 saturated heterocycles. The molecule has 0 saturated carbocycles. The third-order valence-electron chi connectivity index (χ3n) is 11.0. The number of aliphatic carboxylic acids is 1. The van der Waals surface area contributed by atoms with E-state index in [0.717, 1.165) is 64.2 Å². The van der Waals surface area contributed by atoms with Crippen molar-refractivity contribution < 1.29 is 38.2 Å². The molecule has 0 aromatic heterocycles. The summed E-state index contributed by atoms with van der Waals surface area (Å²) in [6, 6.07) is -0.728. The third kappa shape index (κ3) is 40.7. The molecular weight excluding hydrogens is 739 g/mol. The molecule has 0 aromatic rings. The topological polar surface area (TPSA) is 102 Å². The fourth-order valence-corrected chi connectivity index (χ4v) is 7.15. The maximum atomic E-state index is 12.8. The molecule has 0 N–H and O–H groups in total. The molecule has 0 aromatic carbocycles. The highest BCUT2D eigenvalue weighted by molar-refractivity contribution is 5.70. The molecule has 8 nitrogen and oxygen atoms in total. The van der Waals surface area contributed by atoms with Gasteiger partial charge in [-0.15, -0.1) is 0 Å². The summed E-state index contributed by atoms with van der Waals surface area (Å²) in [7, 11) is 5.41. The number of nitrogens with zero attached hydrogens (tertiary/aromatic N) is 1. The molecule has 0 aliphatic rings. The number of carbonyl (C=O) groups is 3. The van der Waals surface area contributed by atoms with Gasteiger partial charge in [0.1, 0.15) is 12.6 Å². The van der Waals surface area contributed by atoms with E-state index in [-0.39, 0.29) is 42.7 Å². The summed E-state index contributed by atoms with van der Waals surface area (Å²) in [6.07, 6.45) is 48.8. The van der Waals surface area contributed by atoms with Crippen LogP contribution in [0.3, 0.4) is 0 Å². The van der Waals surface area contributed by atoms with Crippen molar-refractivity contribution in [3.63, 3.8) is 0 Å². The number of hydrogen-bond acceptors (Lipinski definition) is 7. The quantitative estimate of drug-likeness (QED) is 0.0261. The molecule has 0 heterocycles. The van der Waals surface area contributed by atoms with Gasteiger partial charge < -0.3 is 28.6 Å². The maximum Gasteiger partial charge on any atom is 0.306 e. The van der Waals surface area contributed by atoms with Crippen molar-refractivity contribution in [3.05, 3.63) is 36.5 Å². The minimum atomic E-state index is -1.13. The van der Waals surface area contributed by atoms with Crippen molar-refractivity contribution in [1.29, 1.82) is 0 Å². The summed E-state index contributed by atoms with van der Waals surface area (Å²) in [4.78, 5) is 37.0. The zero-order chi connectivity index (χ0) is 43.5. The third-order valence-corrected chi connectivity index (χ3v) is 11.0. The van der Waals surface area contributed by atoms with E-state index in [2.05, 4.69) is 50.3 Å². The second-order valence-corrected chi connectivity index (χ2v) is 17.7. The van der Waals surface area contributed by atoms with Gasteiger partial charge >= 0.3 is 11.9 Å². The molecule has 0 bridgehead atoms. The van der Waals surface area contributed by atoms with Crippen LogP contribution in [-0.4, -0.2) is 75.5 Å². The highest BCUT2D eigenvalue weighted by Crippen LogP contribution is 2.14. The molecule has 0 amide bonds. The highest BCUT2D eigenvalue weighted by Gasteiger charge is 2.25. The van der Waals surface area contributed by atoms with Gasteiger partial charge in [0.2, 0.25) is 0 Å². The Balaban J connectivity index is 4.30. The lowest BCUT2D eigenvalue weighted by Gasteiger charge is -2.34. The van der Waals surface area contributed by atoms with E-state index in [4.69, 9.17) is 14.2 Å². The van der Waals surface area contributed by atoms with Crippen LogP contribution in [0, 0.1) is 0 Å². The number of carboxylic acids is 1. The lowest BCUT2D eigenvalue weighted by atomic mass is 10.1. The van der Waals surface area contributed by atoms with E-state index in [1.807, 2.05) is 0 Å². The average molecular weight is 832 g/mol. The minimum absolute atomic E-state index is 0.0362. The van der Waals surface area contributed by atoms with E-state index in [9.17, 15) is 19.5 Å². The van der Waals surface area contributed by atoms with Crippen molar-refractivity contribution >= 4 is 17.9 Å². The number of carbonyl (C=O) groups excluding carboxylic acids is 3. The molecule has 0 aliphatic heterocycles. The Kier molecular flexibility index (Phi) is 40.5. The second-order valence-electron chi connectivity index (χ2n) is 17.7. The zero-order valence-electron chi connectivity index (χ0n) is 39.2. The number of ether oxygens (including phenoxy) is 3. The van der Waals surface area contributed by atoms with Gasteiger partial charge in [0, 0.05) is 19.3 Å². The van der Waals surface area contributed by atoms with Crippen LogP contribution < -0.4 is 5.11 Å². The Labute approximate surface area is 364 Å². The van der Waals surface area contributed by atoms with Crippen LogP contribution >= 0.6 is 0 Å². The summed E-state index contributed by atoms with van der Waals surface area (Å²) in [5.41, 5.74) is 0. The van der Waals surface area contributed by atoms with E-state index < -0.39 is 18.1 Å². The summed E-state index contributed by atoms with van der Waals surface area (Å²) in [6.45, 7) is 4.64. The molecule has 2 atom stereocenters. The number of carboxylic acid groups (broad SMARTS) is 1. The standard InChI is InChI=1S/C51H93NO7/c1-6-8-10-12-14-16-18-20-22-24-26-27-29-31-33-35-37-39-41-49(53)58-46-47(45-57-44-43-48(51(55)56)52(3,4)5)59-50(54)42-40-38-36-34-32-30-28-25-23-21-19-17-15-13-11-9-7-2/h15,17,21,23,26-27,47-48H,6-14,16,18-20,22,24-25,28-46H2,1-5H3/b17-15+,23-21+,27-26+. The first-order valence-corrected chi connectivity index (χ1v) is 24.5. The van der Waals surface area contributed by atoms with Gasteiger partial charge in [0.25, 0.3) is 0 Å². The van der Waals surface area contributed by atoms with E-state index >= 15 is 0 Å². The minimum Gasteiger partial charge on any atom is -0.544 e. The summed E-state index contributed by atoms with van der Waals surface area (Å²) >= 11 is 0. The Bertz CT molecular complexity index is 1060. The lowest BCUT2D eigenvalue weighted by Crippen LogP contribution is -2.55. The number of hydrogen-bond donors (Lipinski definition) is 0. The molecule has 0 rings (SSSR count). The molecule has 59 heavy (non-hydrogen) atoms. The predicted octanol–water partition coefficient (Wildman–Crippen LogP) is 12.5. The molecule has 8 heteroatoms. The Hall–Kier alpha value is -2.45. The molecule has 0 radical (unpaired) electrons. The van der Waals surface area contributed by atoms with Crippen LogP contribution in [-0.2, 0) is 28.6 Å². The summed E-state index contributed by atoms with van der Waals surface area (Å²) in [5.74, 6) is -1.75. The van der Waals surface area contributed by atoms with Crippen LogP contribution in [0.2, 0.25) is 0 Å². The van der Waals surface area contributed by atoms with Gasteiger partial charge in [-0.2, -0.15) is 0 Å². The van der Waals surface area contributed by atoms with Crippen LogP contribution in [0.1, 0.15) is 219 Å². The first kappa shape index (κ1) is 56.5. The van der Waals surface area contributed by atoms with Gasteiger partial charge in [-0.3, -0.25) is 9.59 Å². The fourth-order valence-electron chi connectivity index (χ4n) is 7.15. The second kappa shape index (κ2) is 42.2. The Morgan fingerprint density at radius 2 is 0.898 bits per heavy atom. The fraction of sp³-hybridized carbons (Fsp3) is 0.824. The number of unbranched alkanes of at least 4 members (excludes halogenated alkanes) is 24. The molecular formula is C51H93NO7. The highest BCUT2D eigenvalue weighted by atomic mass is 16.6. The van der Waals surface area contributed by atoms with Crippen LogP contribution in [0.5, 0.6) is 0 Å². The molecule has 0 fully saturated rings. The van der Waals surface area contributed by atoms with Crippen molar-refractivity contribution in [2.75, 3.05) is 41.0 Å². The first-order valence-electron chi connectivity index (χ1n) is 24.5. The van der Waals surface area contributed by atoms with Crippen molar-refractivity contribution in [1.82, 2.24) is 0 Å². The summed E-state index contributed by atoms with van der Waals surface area (Å²) < 4.78 is 17.2.